The van der Waals surface area contributed by atoms with E-state index >= 15 is 0 Å². The van der Waals surface area contributed by atoms with Crippen LogP contribution in [0.25, 0.3) is 0 Å². The molecule has 1 aromatic rings. The Morgan fingerprint density at radius 3 is 2.87 bits per heavy atom. The molecule has 5 heteroatoms. The van der Waals surface area contributed by atoms with E-state index in [-0.39, 0.29) is 23.9 Å². The first-order valence-corrected chi connectivity index (χ1v) is 8.51. The van der Waals surface area contributed by atoms with Crippen LogP contribution in [0.2, 0.25) is 0 Å². The van der Waals surface area contributed by atoms with Gasteiger partial charge in [-0.3, -0.25) is 4.79 Å². The Bertz CT molecular complexity index is 544. The molecule has 2 heterocycles. The zero-order valence-corrected chi connectivity index (χ0v) is 13.6. The molecule has 1 amide bonds. The van der Waals surface area contributed by atoms with Crippen molar-refractivity contribution in [3.63, 3.8) is 0 Å². The van der Waals surface area contributed by atoms with Crippen molar-refractivity contribution in [2.75, 3.05) is 26.2 Å². The molecule has 0 aliphatic carbocycles. The maximum absolute atomic E-state index is 13.3. The number of amides is 1. The van der Waals surface area contributed by atoms with Crippen LogP contribution in [-0.4, -0.2) is 49.2 Å². The third-order valence-corrected chi connectivity index (χ3v) is 4.92. The predicted octanol–water partition coefficient (Wildman–Crippen LogP) is 1.98. The third-order valence-electron chi connectivity index (χ3n) is 4.92. The van der Waals surface area contributed by atoms with Gasteiger partial charge in [-0.1, -0.05) is 12.1 Å². The van der Waals surface area contributed by atoms with Crippen molar-refractivity contribution in [1.29, 1.82) is 0 Å². The molecule has 2 atom stereocenters. The second-order valence-corrected chi connectivity index (χ2v) is 6.61. The molecule has 23 heavy (non-hydrogen) atoms. The standard InChI is InChI=1S/C18H25FN2O2/c1-13-17(20-7-10-23-13)18(22)21-8-5-14(6-9-21)11-15-3-2-4-16(19)12-15/h2-4,12-14,17,20H,5-11H2,1H3/t13-,17+/m1/s1. The van der Waals surface area contributed by atoms with Crippen molar-refractivity contribution < 1.29 is 13.9 Å². The molecule has 0 bridgehead atoms. The number of ether oxygens (including phenoxy) is 1. The van der Waals surface area contributed by atoms with Gasteiger partial charge in [-0.25, -0.2) is 4.39 Å². The third kappa shape index (κ3) is 4.09. The normalized spacial score (nSPS) is 26.3. The van der Waals surface area contributed by atoms with Crippen molar-refractivity contribution in [3.05, 3.63) is 35.6 Å². The summed E-state index contributed by atoms with van der Waals surface area (Å²) in [5, 5.41) is 3.27. The Hall–Kier alpha value is -1.46. The number of hydrogen-bond donors (Lipinski definition) is 1. The summed E-state index contributed by atoms with van der Waals surface area (Å²) >= 11 is 0. The fourth-order valence-corrected chi connectivity index (χ4v) is 3.56. The van der Waals surface area contributed by atoms with Gasteiger partial charge in [-0.15, -0.1) is 0 Å². The molecule has 0 radical (unpaired) electrons. The lowest BCUT2D eigenvalue weighted by molar-refractivity contribution is -0.140. The van der Waals surface area contributed by atoms with Crippen LogP contribution < -0.4 is 5.32 Å². The van der Waals surface area contributed by atoms with E-state index in [9.17, 15) is 9.18 Å². The van der Waals surface area contributed by atoms with Crippen LogP contribution in [0.3, 0.4) is 0 Å². The van der Waals surface area contributed by atoms with Crippen LogP contribution in [0.15, 0.2) is 24.3 Å². The molecule has 3 rings (SSSR count). The molecular weight excluding hydrogens is 295 g/mol. The minimum Gasteiger partial charge on any atom is -0.375 e. The van der Waals surface area contributed by atoms with Gasteiger partial charge in [-0.05, 0) is 49.8 Å². The summed E-state index contributed by atoms with van der Waals surface area (Å²) in [5.74, 6) is 0.503. The topological polar surface area (TPSA) is 41.6 Å². The fourth-order valence-electron chi connectivity index (χ4n) is 3.56. The van der Waals surface area contributed by atoms with Crippen LogP contribution >= 0.6 is 0 Å². The Kier molecular flexibility index (Phi) is 5.28. The average molecular weight is 320 g/mol. The lowest BCUT2D eigenvalue weighted by atomic mass is 9.89. The Balaban J connectivity index is 1.51. The van der Waals surface area contributed by atoms with Gasteiger partial charge < -0.3 is 15.0 Å². The molecule has 2 saturated heterocycles. The van der Waals surface area contributed by atoms with Gasteiger partial charge in [0.2, 0.25) is 5.91 Å². The molecule has 0 spiro atoms. The second-order valence-electron chi connectivity index (χ2n) is 6.61. The van der Waals surface area contributed by atoms with E-state index in [1.165, 1.54) is 6.07 Å². The first kappa shape index (κ1) is 16.4. The van der Waals surface area contributed by atoms with E-state index in [4.69, 9.17) is 4.74 Å². The first-order valence-electron chi connectivity index (χ1n) is 8.51. The molecule has 126 valence electrons. The van der Waals surface area contributed by atoms with E-state index in [0.717, 1.165) is 44.5 Å². The van der Waals surface area contributed by atoms with Gasteiger partial charge in [0.15, 0.2) is 0 Å². The van der Waals surface area contributed by atoms with Crippen LogP contribution in [0, 0.1) is 11.7 Å². The van der Waals surface area contributed by atoms with Gasteiger partial charge in [0.05, 0.1) is 12.7 Å². The zero-order valence-electron chi connectivity index (χ0n) is 13.6. The summed E-state index contributed by atoms with van der Waals surface area (Å²) in [4.78, 5) is 14.6. The molecular formula is C18H25FN2O2. The predicted molar refractivity (Wildman–Crippen MR) is 86.6 cm³/mol. The maximum Gasteiger partial charge on any atom is 0.242 e. The Labute approximate surface area is 137 Å². The van der Waals surface area contributed by atoms with Crippen molar-refractivity contribution in [2.24, 2.45) is 5.92 Å². The molecule has 2 aliphatic heterocycles. The molecule has 4 nitrogen and oxygen atoms in total. The largest absolute Gasteiger partial charge is 0.375 e. The summed E-state index contributed by atoms with van der Waals surface area (Å²) < 4.78 is 18.8. The lowest BCUT2D eigenvalue weighted by Gasteiger charge is -2.37. The summed E-state index contributed by atoms with van der Waals surface area (Å²) in [6.07, 6.45) is 2.77. The molecule has 2 aliphatic rings. The lowest BCUT2D eigenvalue weighted by Crippen LogP contribution is -2.57. The number of hydrogen-bond acceptors (Lipinski definition) is 3. The van der Waals surface area contributed by atoms with Crippen molar-refractivity contribution in [1.82, 2.24) is 10.2 Å². The molecule has 1 aromatic carbocycles. The van der Waals surface area contributed by atoms with Gasteiger partial charge >= 0.3 is 0 Å². The summed E-state index contributed by atoms with van der Waals surface area (Å²) in [6, 6.07) is 6.61. The van der Waals surface area contributed by atoms with Crippen LogP contribution in [0.1, 0.15) is 25.3 Å². The van der Waals surface area contributed by atoms with E-state index < -0.39 is 0 Å². The highest BCUT2D eigenvalue weighted by Gasteiger charge is 2.33. The van der Waals surface area contributed by atoms with E-state index in [1.54, 1.807) is 12.1 Å². The van der Waals surface area contributed by atoms with Crippen LogP contribution in [-0.2, 0) is 16.0 Å². The van der Waals surface area contributed by atoms with E-state index in [1.807, 2.05) is 17.9 Å². The van der Waals surface area contributed by atoms with Gasteiger partial charge in [0.1, 0.15) is 11.9 Å². The fraction of sp³-hybridized carbons (Fsp3) is 0.611. The van der Waals surface area contributed by atoms with E-state index in [0.29, 0.717) is 12.5 Å². The molecule has 0 aromatic heterocycles. The number of morpholine rings is 1. The zero-order chi connectivity index (χ0) is 16.2. The maximum atomic E-state index is 13.3. The van der Waals surface area contributed by atoms with Gasteiger partial charge in [0.25, 0.3) is 0 Å². The minimum atomic E-state index is -0.219. The second kappa shape index (κ2) is 7.41. The van der Waals surface area contributed by atoms with Gasteiger partial charge in [0, 0.05) is 19.6 Å². The quantitative estimate of drug-likeness (QED) is 0.926. The summed E-state index contributed by atoms with van der Waals surface area (Å²) in [6.45, 7) is 4.91. The number of piperidine rings is 1. The number of rotatable bonds is 3. The van der Waals surface area contributed by atoms with Crippen molar-refractivity contribution in [2.45, 2.75) is 38.3 Å². The Morgan fingerprint density at radius 2 is 2.17 bits per heavy atom. The first-order chi connectivity index (χ1) is 11.1. The smallest absolute Gasteiger partial charge is 0.242 e. The van der Waals surface area contributed by atoms with Crippen LogP contribution in [0.4, 0.5) is 4.39 Å². The Morgan fingerprint density at radius 1 is 1.39 bits per heavy atom. The highest BCUT2D eigenvalue weighted by Crippen LogP contribution is 2.23. The summed E-state index contributed by atoms with van der Waals surface area (Å²) in [7, 11) is 0. The highest BCUT2D eigenvalue weighted by atomic mass is 19.1. The van der Waals surface area contributed by atoms with Crippen molar-refractivity contribution >= 4 is 5.91 Å². The number of nitrogens with one attached hydrogen (secondary N) is 1. The number of benzene rings is 1. The van der Waals surface area contributed by atoms with E-state index in [2.05, 4.69) is 5.32 Å². The molecule has 1 N–H and O–H groups in total. The minimum absolute atomic E-state index is 0.0683. The number of carbonyl (C=O) groups is 1. The van der Waals surface area contributed by atoms with Crippen molar-refractivity contribution in [3.8, 4) is 0 Å². The average Bonchev–Trinajstić information content (AvgIpc) is 2.55. The van der Waals surface area contributed by atoms with Gasteiger partial charge in [-0.2, -0.15) is 0 Å². The number of nitrogens with zero attached hydrogens (tertiary/aromatic N) is 1. The van der Waals surface area contributed by atoms with Crippen LogP contribution in [0.5, 0.6) is 0 Å². The molecule has 0 saturated carbocycles. The highest BCUT2D eigenvalue weighted by molar-refractivity contribution is 5.82. The number of halogens is 1. The SMILES string of the molecule is C[C@H]1OCCN[C@@H]1C(=O)N1CCC(Cc2cccc(F)c2)CC1. The number of carbonyl (C=O) groups excluding carboxylic acids is 1. The number of likely N-dealkylation sites (tertiary alicyclic amines) is 1. The molecule has 2 fully saturated rings. The molecule has 0 unspecified atom stereocenters. The monoisotopic (exact) mass is 320 g/mol. The summed E-state index contributed by atoms with van der Waals surface area (Å²) in [5.41, 5.74) is 1.05.